The number of nitrogens with one attached hydrogen (secondary N) is 1. The lowest BCUT2D eigenvalue weighted by molar-refractivity contribution is -0.385. The summed E-state index contributed by atoms with van der Waals surface area (Å²) in [5.74, 6) is 0.616. The molecular weight excluding hydrogens is 270 g/mol. The number of anilines is 1. The van der Waals surface area contributed by atoms with E-state index in [2.05, 4.69) is 10.3 Å². The molecule has 21 heavy (non-hydrogen) atoms. The van der Waals surface area contributed by atoms with Crippen LogP contribution in [0.5, 0.6) is 0 Å². The number of methoxy groups -OCH3 is 1. The van der Waals surface area contributed by atoms with Crippen molar-refractivity contribution < 1.29 is 9.66 Å². The normalized spacial score (nSPS) is 10.4. The number of hydrogen-bond acceptors (Lipinski definition) is 5. The summed E-state index contributed by atoms with van der Waals surface area (Å²) in [5.41, 5.74) is 2.64. The SMILES string of the molecule is COCc1ccccc1CNc1ccc([N+](=O)[O-])c(C)n1. The molecule has 0 radical (unpaired) electrons. The van der Waals surface area contributed by atoms with Gasteiger partial charge < -0.3 is 10.1 Å². The molecule has 1 aromatic carbocycles. The predicted molar refractivity (Wildman–Crippen MR) is 80.1 cm³/mol. The van der Waals surface area contributed by atoms with Crippen molar-refractivity contribution in [3.63, 3.8) is 0 Å². The molecule has 0 atom stereocenters. The molecule has 0 unspecified atom stereocenters. The number of nitrogens with zero attached hydrogens (tertiary/aromatic N) is 2. The van der Waals surface area contributed by atoms with Crippen LogP contribution in [0.1, 0.15) is 16.8 Å². The van der Waals surface area contributed by atoms with Gasteiger partial charge in [-0.25, -0.2) is 4.98 Å². The second-order valence-electron chi connectivity index (χ2n) is 4.61. The van der Waals surface area contributed by atoms with Crippen molar-refractivity contribution in [2.45, 2.75) is 20.1 Å². The van der Waals surface area contributed by atoms with Gasteiger partial charge in [0, 0.05) is 19.7 Å². The molecule has 6 nitrogen and oxygen atoms in total. The van der Waals surface area contributed by atoms with Crippen LogP contribution in [0, 0.1) is 17.0 Å². The van der Waals surface area contributed by atoms with Gasteiger partial charge >= 0.3 is 0 Å². The van der Waals surface area contributed by atoms with E-state index < -0.39 is 4.92 Å². The molecule has 0 aliphatic carbocycles. The molecule has 1 N–H and O–H groups in total. The van der Waals surface area contributed by atoms with Crippen molar-refractivity contribution in [1.29, 1.82) is 0 Å². The molecule has 0 saturated carbocycles. The zero-order valence-electron chi connectivity index (χ0n) is 12.0. The lowest BCUT2D eigenvalue weighted by atomic mass is 10.1. The summed E-state index contributed by atoms with van der Waals surface area (Å²) in [4.78, 5) is 14.5. The van der Waals surface area contributed by atoms with Crippen LogP contribution < -0.4 is 5.32 Å². The molecule has 0 fully saturated rings. The first-order chi connectivity index (χ1) is 10.1. The van der Waals surface area contributed by atoms with Crippen LogP contribution in [0.15, 0.2) is 36.4 Å². The quantitative estimate of drug-likeness (QED) is 0.652. The third-order valence-corrected chi connectivity index (χ3v) is 3.13. The van der Waals surface area contributed by atoms with Gasteiger partial charge in [-0.05, 0) is 24.1 Å². The Morgan fingerprint density at radius 3 is 2.57 bits per heavy atom. The first kappa shape index (κ1) is 14.9. The zero-order valence-corrected chi connectivity index (χ0v) is 12.0. The van der Waals surface area contributed by atoms with Gasteiger partial charge in [-0.2, -0.15) is 0 Å². The Balaban J connectivity index is 2.10. The smallest absolute Gasteiger partial charge is 0.290 e. The van der Waals surface area contributed by atoms with Crippen molar-refractivity contribution in [1.82, 2.24) is 4.98 Å². The van der Waals surface area contributed by atoms with Crippen LogP contribution in [0.3, 0.4) is 0 Å². The molecule has 1 aromatic heterocycles. The summed E-state index contributed by atoms with van der Waals surface area (Å²) in [6.07, 6.45) is 0. The zero-order chi connectivity index (χ0) is 15.2. The number of rotatable bonds is 6. The molecular formula is C15H17N3O3. The molecule has 0 amide bonds. The summed E-state index contributed by atoms with van der Waals surface area (Å²) in [6.45, 7) is 2.76. The van der Waals surface area contributed by atoms with E-state index >= 15 is 0 Å². The maximum absolute atomic E-state index is 10.8. The first-order valence-electron chi connectivity index (χ1n) is 6.53. The summed E-state index contributed by atoms with van der Waals surface area (Å²) < 4.78 is 5.16. The lowest BCUT2D eigenvalue weighted by Crippen LogP contribution is -2.06. The molecule has 1 heterocycles. The number of hydrogen-bond donors (Lipinski definition) is 1. The van der Waals surface area contributed by atoms with Crippen molar-refractivity contribution in [3.05, 3.63) is 63.3 Å². The first-order valence-corrected chi connectivity index (χ1v) is 6.53. The fraction of sp³-hybridized carbons (Fsp3) is 0.267. The number of aryl methyl sites for hydroxylation is 1. The molecule has 110 valence electrons. The van der Waals surface area contributed by atoms with E-state index in [1.807, 2.05) is 24.3 Å². The van der Waals surface area contributed by atoms with Crippen LogP contribution in [-0.4, -0.2) is 17.0 Å². The monoisotopic (exact) mass is 287 g/mol. The Labute approximate surface area is 122 Å². The van der Waals surface area contributed by atoms with Crippen LogP contribution in [-0.2, 0) is 17.9 Å². The van der Waals surface area contributed by atoms with Gasteiger partial charge in [-0.15, -0.1) is 0 Å². The minimum atomic E-state index is -0.431. The number of aromatic nitrogens is 1. The molecule has 2 aromatic rings. The second kappa shape index (κ2) is 6.81. The summed E-state index contributed by atoms with van der Waals surface area (Å²) in [7, 11) is 1.66. The van der Waals surface area contributed by atoms with Gasteiger partial charge in [0.2, 0.25) is 0 Å². The highest BCUT2D eigenvalue weighted by molar-refractivity contribution is 5.45. The summed E-state index contributed by atoms with van der Waals surface area (Å²) >= 11 is 0. The fourth-order valence-corrected chi connectivity index (χ4v) is 2.06. The third kappa shape index (κ3) is 3.76. The van der Waals surface area contributed by atoms with E-state index in [1.54, 1.807) is 20.1 Å². The van der Waals surface area contributed by atoms with Gasteiger partial charge in [0.05, 0.1) is 11.5 Å². The second-order valence-corrected chi connectivity index (χ2v) is 4.61. The number of pyridine rings is 1. The van der Waals surface area contributed by atoms with Crippen molar-refractivity contribution in [2.75, 3.05) is 12.4 Å². The summed E-state index contributed by atoms with van der Waals surface area (Å²) in [5, 5.41) is 13.9. The van der Waals surface area contributed by atoms with E-state index in [9.17, 15) is 10.1 Å². The van der Waals surface area contributed by atoms with E-state index in [0.29, 0.717) is 24.7 Å². The highest BCUT2D eigenvalue weighted by Crippen LogP contribution is 2.19. The Morgan fingerprint density at radius 2 is 1.95 bits per heavy atom. The largest absolute Gasteiger partial charge is 0.380 e. The van der Waals surface area contributed by atoms with Crippen molar-refractivity contribution in [2.24, 2.45) is 0 Å². The van der Waals surface area contributed by atoms with Crippen LogP contribution >= 0.6 is 0 Å². The molecule has 6 heteroatoms. The third-order valence-electron chi connectivity index (χ3n) is 3.13. The Morgan fingerprint density at radius 1 is 1.24 bits per heavy atom. The standard InChI is InChI=1S/C15H17N3O3/c1-11-14(18(19)20)7-8-15(17-11)16-9-12-5-3-4-6-13(12)10-21-2/h3-8H,9-10H2,1-2H3,(H,16,17). The molecule has 2 rings (SSSR count). The van der Waals surface area contributed by atoms with Crippen molar-refractivity contribution >= 4 is 11.5 Å². The maximum Gasteiger partial charge on any atom is 0.290 e. The van der Waals surface area contributed by atoms with Gasteiger partial charge in [0.15, 0.2) is 0 Å². The minimum Gasteiger partial charge on any atom is -0.380 e. The maximum atomic E-state index is 10.8. The topological polar surface area (TPSA) is 77.3 Å². The molecule has 0 bridgehead atoms. The highest BCUT2D eigenvalue weighted by atomic mass is 16.6. The van der Waals surface area contributed by atoms with Crippen molar-refractivity contribution in [3.8, 4) is 0 Å². The summed E-state index contributed by atoms with van der Waals surface area (Å²) in [6, 6.07) is 11.0. The van der Waals surface area contributed by atoms with E-state index in [1.165, 1.54) is 6.07 Å². The lowest BCUT2D eigenvalue weighted by Gasteiger charge is -2.10. The highest BCUT2D eigenvalue weighted by Gasteiger charge is 2.11. The minimum absolute atomic E-state index is 0.0281. The van der Waals surface area contributed by atoms with Crippen LogP contribution in [0.4, 0.5) is 11.5 Å². The Bertz CT molecular complexity index is 644. The van der Waals surface area contributed by atoms with Crippen LogP contribution in [0.2, 0.25) is 0 Å². The fourth-order valence-electron chi connectivity index (χ4n) is 2.06. The van der Waals surface area contributed by atoms with E-state index in [4.69, 9.17) is 4.74 Å². The average molecular weight is 287 g/mol. The molecule has 0 saturated heterocycles. The molecule has 0 aliphatic heterocycles. The van der Waals surface area contributed by atoms with Gasteiger partial charge in [-0.3, -0.25) is 10.1 Å². The average Bonchev–Trinajstić information content (AvgIpc) is 2.46. The predicted octanol–water partition coefficient (Wildman–Crippen LogP) is 3.06. The van der Waals surface area contributed by atoms with E-state index in [0.717, 1.165) is 11.1 Å². The van der Waals surface area contributed by atoms with Gasteiger partial charge in [-0.1, -0.05) is 24.3 Å². The Hall–Kier alpha value is -2.47. The van der Waals surface area contributed by atoms with E-state index in [-0.39, 0.29) is 5.69 Å². The molecule has 0 spiro atoms. The van der Waals surface area contributed by atoms with Gasteiger partial charge in [0.1, 0.15) is 11.5 Å². The van der Waals surface area contributed by atoms with Crippen LogP contribution in [0.25, 0.3) is 0 Å². The number of nitro groups is 1. The molecule has 0 aliphatic rings. The van der Waals surface area contributed by atoms with Gasteiger partial charge in [0.25, 0.3) is 5.69 Å². The number of benzene rings is 1. The number of ether oxygens (including phenoxy) is 1. The Kier molecular flexibility index (Phi) is 4.84.